The van der Waals surface area contributed by atoms with E-state index in [9.17, 15) is 0 Å². The third-order valence-electron chi connectivity index (χ3n) is 3.82. The molecule has 0 aliphatic heterocycles. The fourth-order valence-electron chi connectivity index (χ4n) is 2.71. The Kier molecular flexibility index (Phi) is 5.91. The number of benzene rings is 1. The van der Waals surface area contributed by atoms with E-state index in [-0.39, 0.29) is 0 Å². The molecule has 0 aliphatic carbocycles. The number of aryl methyl sites for hydroxylation is 2. The van der Waals surface area contributed by atoms with Crippen LogP contribution < -0.4 is 0 Å². The number of rotatable bonds is 8. The zero-order valence-electron chi connectivity index (χ0n) is 12.4. The van der Waals surface area contributed by atoms with Crippen LogP contribution in [0.3, 0.4) is 0 Å². The lowest BCUT2D eigenvalue weighted by Gasteiger charge is -2.04. The summed E-state index contributed by atoms with van der Waals surface area (Å²) >= 11 is 2.03. The van der Waals surface area contributed by atoms with Gasteiger partial charge in [-0.1, -0.05) is 57.7 Å². The first-order valence-corrected chi connectivity index (χ1v) is 8.67. The fourth-order valence-corrected chi connectivity index (χ4v) is 4.01. The number of hydrogen-bond donors (Lipinski definition) is 0. The Morgan fingerprint density at radius 2 is 1.53 bits per heavy atom. The Labute approximate surface area is 121 Å². The highest BCUT2D eigenvalue weighted by Gasteiger charge is 2.10. The normalized spacial score (nSPS) is 11.3. The minimum absolute atomic E-state index is 1.28. The van der Waals surface area contributed by atoms with Crippen LogP contribution in [-0.4, -0.2) is 0 Å². The van der Waals surface area contributed by atoms with Crippen molar-refractivity contribution in [2.75, 3.05) is 0 Å². The predicted octanol–water partition coefficient (Wildman–Crippen LogP) is 6.37. The second kappa shape index (κ2) is 7.69. The van der Waals surface area contributed by atoms with Gasteiger partial charge in [-0.2, -0.15) is 0 Å². The molecule has 2 aromatic rings. The highest BCUT2D eigenvalue weighted by Crippen LogP contribution is 2.33. The van der Waals surface area contributed by atoms with Crippen molar-refractivity contribution in [2.24, 2.45) is 0 Å². The molecular weight excluding hydrogens is 248 g/mol. The van der Waals surface area contributed by atoms with Gasteiger partial charge in [0.05, 0.1) is 0 Å². The maximum atomic E-state index is 2.32. The summed E-state index contributed by atoms with van der Waals surface area (Å²) in [5, 5.41) is 1.52. The van der Waals surface area contributed by atoms with E-state index < -0.39 is 0 Å². The summed E-state index contributed by atoms with van der Waals surface area (Å²) in [7, 11) is 0. The third kappa shape index (κ3) is 3.82. The molecular formula is C18H26S. The minimum atomic E-state index is 1.28. The molecule has 0 saturated carbocycles. The van der Waals surface area contributed by atoms with Crippen molar-refractivity contribution < 1.29 is 0 Å². The van der Waals surface area contributed by atoms with Crippen LogP contribution in [0.4, 0.5) is 0 Å². The van der Waals surface area contributed by atoms with Crippen LogP contribution in [0.1, 0.15) is 62.8 Å². The van der Waals surface area contributed by atoms with Crippen LogP contribution >= 0.6 is 11.3 Å². The van der Waals surface area contributed by atoms with E-state index in [1.807, 2.05) is 11.3 Å². The van der Waals surface area contributed by atoms with Crippen molar-refractivity contribution >= 4 is 21.4 Å². The standard InChI is InChI=1S/C18H26S/c1-3-5-7-11-15-16-12-9-10-14-18(16)19-17(15)13-8-6-4-2/h9-10,12,14H,3-8,11,13H2,1-2H3. The molecule has 0 unspecified atom stereocenters. The molecule has 1 aromatic carbocycles. The number of fused-ring (bicyclic) bond motifs is 1. The van der Waals surface area contributed by atoms with Crippen molar-refractivity contribution in [1.29, 1.82) is 0 Å². The van der Waals surface area contributed by atoms with Gasteiger partial charge in [0.1, 0.15) is 0 Å². The van der Waals surface area contributed by atoms with Gasteiger partial charge >= 0.3 is 0 Å². The highest BCUT2D eigenvalue weighted by atomic mass is 32.1. The molecule has 1 heteroatoms. The average molecular weight is 274 g/mol. The van der Waals surface area contributed by atoms with Gasteiger partial charge in [-0.25, -0.2) is 0 Å². The Bertz CT molecular complexity index is 495. The fraction of sp³-hybridized carbons (Fsp3) is 0.556. The number of hydrogen-bond acceptors (Lipinski definition) is 1. The van der Waals surface area contributed by atoms with Gasteiger partial charge < -0.3 is 0 Å². The first-order chi connectivity index (χ1) is 9.36. The van der Waals surface area contributed by atoms with E-state index in [0.717, 1.165) is 0 Å². The van der Waals surface area contributed by atoms with Gasteiger partial charge in [-0.05, 0) is 42.7 Å². The summed E-state index contributed by atoms with van der Waals surface area (Å²) in [4.78, 5) is 1.66. The van der Waals surface area contributed by atoms with Gasteiger partial charge in [0.15, 0.2) is 0 Å². The summed E-state index contributed by atoms with van der Waals surface area (Å²) in [6, 6.07) is 8.96. The molecule has 19 heavy (non-hydrogen) atoms. The van der Waals surface area contributed by atoms with Crippen molar-refractivity contribution in [3.8, 4) is 0 Å². The lowest BCUT2D eigenvalue weighted by Crippen LogP contribution is -1.91. The molecule has 0 atom stereocenters. The van der Waals surface area contributed by atoms with Crippen molar-refractivity contribution in [2.45, 2.75) is 65.2 Å². The monoisotopic (exact) mass is 274 g/mol. The SMILES string of the molecule is CCCCCc1sc2ccccc2c1CCCCC. The Balaban J connectivity index is 2.18. The molecule has 0 bridgehead atoms. The first-order valence-electron chi connectivity index (χ1n) is 7.86. The highest BCUT2D eigenvalue weighted by molar-refractivity contribution is 7.19. The molecule has 0 amide bonds. The minimum Gasteiger partial charge on any atom is -0.140 e. The lowest BCUT2D eigenvalue weighted by atomic mass is 10.0. The summed E-state index contributed by atoms with van der Waals surface area (Å²) in [6.07, 6.45) is 10.6. The Hall–Kier alpha value is -0.820. The predicted molar refractivity (Wildman–Crippen MR) is 88.3 cm³/mol. The third-order valence-corrected chi connectivity index (χ3v) is 5.09. The quantitative estimate of drug-likeness (QED) is 0.491. The van der Waals surface area contributed by atoms with Gasteiger partial charge in [0.2, 0.25) is 0 Å². The second-order valence-electron chi connectivity index (χ2n) is 5.41. The van der Waals surface area contributed by atoms with Gasteiger partial charge in [-0.3, -0.25) is 0 Å². The van der Waals surface area contributed by atoms with E-state index in [2.05, 4.69) is 38.1 Å². The van der Waals surface area contributed by atoms with Crippen molar-refractivity contribution in [3.05, 3.63) is 34.7 Å². The van der Waals surface area contributed by atoms with Crippen LogP contribution in [0, 0.1) is 0 Å². The van der Waals surface area contributed by atoms with E-state index in [1.165, 1.54) is 61.5 Å². The molecule has 0 spiro atoms. The second-order valence-corrected chi connectivity index (χ2v) is 6.55. The maximum Gasteiger partial charge on any atom is 0.0348 e. The van der Waals surface area contributed by atoms with E-state index in [1.54, 1.807) is 10.4 Å². The van der Waals surface area contributed by atoms with Crippen molar-refractivity contribution in [3.63, 3.8) is 0 Å². The molecule has 1 aromatic heterocycles. The average Bonchev–Trinajstić information content (AvgIpc) is 2.78. The van der Waals surface area contributed by atoms with Crippen LogP contribution in [-0.2, 0) is 12.8 Å². The molecule has 0 fully saturated rings. The molecule has 0 nitrogen and oxygen atoms in total. The summed E-state index contributed by atoms with van der Waals surface area (Å²) in [6.45, 7) is 4.57. The summed E-state index contributed by atoms with van der Waals surface area (Å²) < 4.78 is 1.49. The molecule has 0 N–H and O–H groups in total. The molecule has 104 valence electrons. The van der Waals surface area contributed by atoms with Crippen LogP contribution in [0.2, 0.25) is 0 Å². The van der Waals surface area contributed by atoms with E-state index in [0.29, 0.717) is 0 Å². The van der Waals surface area contributed by atoms with Crippen LogP contribution in [0.5, 0.6) is 0 Å². The zero-order chi connectivity index (χ0) is 13.5. The van der Waals surface area contributed by atoms with Gasteiger partial charge in [-0.15, -0.1) is 11.3 Å². The van der Waals surface area contributed by atoms with E-state index in [4.69, 9.17) is 0 Å². The molecule has 0 radical (unpaired) electrons. The van der Waals surface area contributed by atoms with E-state index >= 15 is 0 Å². The molecule has 2 rings (SSSR count). The largest absolute Gasteiger partial charge is 0.140 e. The topological polar surface area (TPSA) is 0 Å². The van der Waals surface area contributed by atoms with Crippen LogP contribution in [0.15, 0.2) is 24.3 Å². The van der Waals surface area contributed by atoms with Crippen LogP contribution in [0.25, 0.3) is 10.1 Å². The summed E-state index contributed by atoms with van der Waals surface area (Å²) in [5.74, 6) is 0. The molecule has 1 heterocycles. The van der Waals surface area contributed by atoms with Crippen molar-refractivity contribution in [1.82, 2.24) is 0 Å². The van der Waals surface area contributed by atoms with Gasteiger partial charge in [0, 0.05) is 9.58 Å². The molecule has 0 aliphatic rings. The number of unbranched alkanes of at least 4 members (excludes halogenated alkanes) is 4. The maximum absolute atomic E-state index is 2.32. The summed E-state index contributed by atoms with van der Waals surface area (Å²) in [5.41, 5.74) is 1.66. The Morgan fingerprint density at radius 3 is 2.26 bits per heavy atom. The first kappa shape index (κ1) is 14.6. The number of thiophene rings is 1. The zero-order valence-corrected chi connectivity index (χ0v) is 13.2. The Morgan fingerprint density at radius 1 is 0.842 bits per heavy atom. The lowest BCUT2D eigenvalue weighted by molar-refractivity contribution is 0.701. The smallest absolute Gasteiger partial charge is 0.0348 e. The molecule has 0 saturated heterocycles. The van der Waals surface area contributed by atoms with Gasteiger partial charge in [0.25, 0.3) is 0 Å².